The predicted octanol–water partition coefficient (Wildman–Crippen LogP) is 3.03. The maximum absolute atomic E-state index is 12.5. The minimum atomic E-state index is -3.54. The fourth-order valence-electron chi connectivity index (χ4n) is 2.75. The molecule has 0 saturated heterocycles. The van der Waals surface area contributed by atoms with E-state index in [1.807, 2.05) is 0 Å². The second kappa shape index (κ2) is 9.57. The summed E-state index contributed by atoms with van der Waals surface area (Å²) in [6, 6.07) is 11.3. The molecular formula is C20H26N2O5S. The van der Waals surface area contributed by atoms with E-state index < -0.39 is 10.0 Å². The Labute approximate surface area is 166 Å². The molecule has 0 fully saturated rings. The second-order valence-corrected chi connectivity index (χ2v) is 7.89. The average Bonchev–Trinajstić information content (AvgIpc) is 2.72. The molecule has 0 aromatic heterocycles. The Balaban J connectivity index is 2.10. The largest absolute Gasteiger partial charge is 0.497 e. The molecule has 152 valence electrons. The van der Waals surface area contributed by atoms with Crippen LogP contribution >= 0.6 is 0 Å². The third kappa shape index (κ3) is 4.82. The summed E-state index contributed by atoms with van der Waals surface area (Å²) in [5.41, 5.74) is 1.09. The van der Waals surface area contributed by atoms with Gasteiger partial charge >= 0.3 is 0 Å². The van der Waals surface area contributed by atoms with Gasteiger partial charge < -0.3 is 14.8 Å². The van der Waals surface area contributed by atoms with Gasteiger partial charge in [-0.1, -0.05) is 13.8 Å². The van der Waals surface area contributed by atoms with E-state index in [0.717, 1.165) is 0 Å². The molecule has 0 spiro atoms. The van der Waals surface area contributed by atoms with Gasteiger partial charge in [0.2, 0.25) is 10.0 Å². The number of rotatable bonds is 10. The fourth-order valence-corrected chi connectivity index (χ4v) is 4.21. The minimum Gasteiger partial charge on any atom is -0.497 e. The summed E-state index contributed by atoms with van der Waals surface area (Å²) < 4.78 is 36.9. The smallest absolute Gasteiger partial charge is 0.243 e. The molecule has 0 aliphatic carbocycles. The van der Waals surface area contributed by atoms with E-state index in [2.05, 4.69) is 5.32 Å². The molecule has 0 radical (unpaired) electrons. The van der Waals surface area contributed by atoms with E-state index in [4.69, 9.17) is 9.47 Å². The van der Waals surface area contributed by atoms with E-state index in [-0.39, 0.29) is 17.2 Å². The fraction of sp³-hybridized carbons (Fsp3) is 0.350. The van der Waals surface area contributed by atoms with Crippen molar-refractivity contribution in [2.24, 2.45) is 0 Å². The number of methoxy groups -OCH3 is 2. The topological polar surface area (TPSA) is 84.9 Å². The lowest BCUT2D eigenvalue weighted by Gasteiger charge is -2.18. The van der Waals surface area contributed by atoms with Gasteiger partial charge in [-0.05, 0) is 36.4 Å². The standard InChI is InChI=1S/C20H26N2O5S/c1-5-22(6-2)28(24,25)17-10-7-15(8-11-17)19(23)14-21-18-12-9-16(26-3)13-20(18)27-4/h7-13,21H,5-6,14H2,1-4H3. The van der Waals surface area contributed by atoms with Gasteiger partial charge in [-0.15, -0.1) is 0 Å². The summed E-state index contributed by atoms with van der Waals surface area (Å²) in [6.45, 7) is 4.42. The first-order valence-corrected chi connectivity index (χ1v) is 10.4. The molecule has 0 heterocycles. The summed E-state index contributed by atoms with van der Waals surface area (Å²) in [4.78, 5) is 12.6. The Kier molecular flexibility index (Phi) is 7.42. The van der Waals surface area contributed by atoms with Crippen LogP contribution in [0.5, 0.6) is 11.5 Å². The number of anilines is 1. The number of carbonyl (C=O) groups is 1. The Morgan fingerprint density at radius 2 is 1.64 bits per heavy atom. The van der Waals surface area contributed by atoms with Gasteiger partial charge in [-0.25, -0.2) is 8.42 Å². The average molecular weight is 407 g/mol. The van der Waals surface area contributed by atoms with Crippen molar-refractivity contribution in [2.75, 3.05) is 39.2 Å². The zero-order chi connectivity index (χ0) is 20.7. The lowest BCUT2D eigenvalue weighted by molar-refractivity contribution is 0.101. The highest BCUT2D eigenvalue weighted by atomic mass is 32.2. The van der Waals surface area contributed by atoms with Crippen LogP contribution in [0.1, 0.15) is 24.2 Å². The number of nitrogens with one attached hydrogen (secondary N) is 1. The summed E-state index contributed by atoms with van der Waals surface area (Å²) in [7, 11) is -0.433. The molecule has 28 heavy (non-hydrogen) atoms. The first-order chi connectivity index (χ1) is 13.4. The Hall–Kier alpha value is -2.58. The van der Waals surface area contributed by atoms with Crippen molar-refractivity contribution < 1.29 is 22.7 Å². The van der Waals surface area contributed by atoms with Crippen LogP contribution in [0.25, 0.3) is 0 Å². The molecule has 0 bridgehead atoms. The minimum absolute atomic E-state index is 0.0465. The summed E-state index contributed by atoms with van der Waals surface area (Å²) in [6.07, 6.45) is 0. The summed E-state index contributed by atoms with van der Waals surface area (Å²) in [5.74, 6) is 1.05. The maximum atomic E-state index is 12.5. The van der Waals surface area contributed by atoms with Gasteiger partial charge in [-0.3, -0.25) is 4.79 Å². The number of benzene rings is 2. The Bertz CT molecular complexity index is 907. The molecule has 7 nitrogen and oxygen atoms in total. The highest BCUT2D eigenvalue weighted by molar-refractivity contribution is 7.89. The van der Waals surface area contributed by atoms with E-state index in [0.29, 0.717) is 35.8 Å². The number of hydrogen-bond donors (Lipinski definition) is 1. The molecular weight excluding hydrogens is 380 g/mol. The monoisotopic (exact) mass is 406 g/mol. The molecule has 1 N–H and O–H groups in total. The number of nitrogens with zero attached hydrogens (tertiary/aromatic N) is 1. The maximum Gasteiger partial charge on any atom is 0.243 e. The van der Waals surface area contributed by atoms with Gasteiger partial charge in [0, 0.05) is 24.7 Å². The van der Waals surface area contributed by atoms with Gasteiger partial charge in [0.15, 0.2) is 5.78 Å². The van der Waals surface area contributed by atoms with Crippen molar-refractivity contribution in [3.05, 3.63) is 48.0 Å². The van der Waals surface area contributed by atoms with E-state index >= 15 is 0 Å². The van der Waals surface area contributed by atoms with Crippen molar-refractivity contribution >= 4 is 21.5 Å². The third-order valence-corrected chi connectivity index (χ3v) is 6.43. The number of hydrogen-bond acceptors (Lipinski definition) is 6. The van der Waals surface area contributed by atoms with Crippen LogP contribution in [0.3, 0.4) is 0 Å². The van der Waals surface area contributed by atoms with Crippen LogP contribution in [0.15, 0.2) is 47.4 Å². The third-order valence-electron chi connectivity index (χ3n) is 4.37. The zero-order valence-electron chi connectivity index (χ0n) is 16.6. The van der Waals surface area contributed by atoms with Crippen LogP contribution in [0.4, 0.5) is 5.69 Å². The van der Waals surface area contributed by atoms with Gasteiger partial charge in [-0.2, -0.15) is 4.31 Å². The number of ketones is 1. The normalized spacial score (nSPS) is 11.3. The van der Waals surface area contributed by atoms with Gasteiger partial charge in [0.1, 0.15) is 11.5 Å². The highest BCUT2D eigenvalue weighted by Gasteiger charge is 2.21. The molecule has 0 aliphatic heterocycles. The van der Waals surface area contributed by atoms with Gasteiger partial charge in [0.05, 0.1) is 31.3 Å². The van der Waals surface area contributed by atoms with Crippen LogP contribution in [-0.2, 0) is 10.0 Å². The molecule has 0 aliphatic rings. The Morgan fingerprint density at radius 3 is 2.18 bits per heavy atom. The lowest BCUT2D eigenvalue weighted by atomic mass is 10.1. The molecule has 0 amide bonds. The van der Waals surface area contributed by atoms with Crippen LogP contribution in [0, 0.1) is 0 Å². The van der Waals surface area contributed by atoms with Crippen LogP contribution < -0.4 is 14.8 Å². The van der Waals surface area contributed by atoms with E-state index in [1.54, 1.807) is 39.2 Å². The van der Waals surface area contributed by atoms with Crippen LogP contribution in [0.2, 0.25) is 0 Å². The molecule has 0 unspecified atom stereocenters. The van der Waals surface area contributed by atoms with Gasteiger partial charge in [0.25, 0.3) is 0 Å². The number of Topliss-reactive ketones (excluding diaryl/α,β-unsaturated/α-hetero) is 1. The SMILES string of the molecule is CCN(CC)S(=O)(=O)c1ccc(C(=O)CNc2ccc(OC)cc2OC)cc1. The summed E-state index contributed by atoms with van der Waals surface area (Å²) in [5, 5.41) is 3.04. The number of ether oxygens (including phenoxy) is 2. The quantitative estimate of drug-likeness (QED) is 0.611. The predicted molar refractivity (Wildman–Crippen MR) is 109 cm³/mol. The highest BCUT2D eigenvalue weighted by Crippen LogP contribution is 2.29. The number of carbonyl (C=O) groups excluding carboxylic acids is 1. The van der Waals surface area contributed by atoms with E-state index in [1.165, 1.54) is 35.7 Å². The van der Waals surface area contributed by atoms with E-state index in [9.17, 15) is 13.2 Å². The van der Waals surface area contributed by atoms with Crippen molar-refractivity contribution in [3.63, 3.8) is 0 Å². The van der Waals surface area contributed by atoms with Crippen molar-refractivity contribution in [3.8, 4) is 11.5 Å². The molecule has 2 aromatic carbocycles. The lowest BCUT2D eigenvalue weighted by Crippen LogP contribution is -2.30. The molecule has 8 heteroatoms. The second-order valence-electron chi connectivity index (χ2n) is 5.96. The number of sulfonamides is 1. The van der Waals surface area contributed by atoms with Crippen LogP contribution in [-0.4, -0.2) is 52.4 Å². The van der Waals surface area contributed by atoms with Crippen molar-refractivity contribution in [1.82, 2.24) is 4.31 Å². The first kappa shape index (κ1) is 21.7. The Morgan fingerprint density at radius 1 is 1.00 bits per heavy atom. The molecule has 2 rings (SSSR count). The molecule has 2 aromatic rings. The summed E-state index contributed by atoms with van der Waals surface area (Å²) >= 11 is 0. The zero-order valence-corrected chi connectivity index (χ0v) is 17.4. The molecule has 0 atom stereocenters. The van der Waals surface area contributed by atoms with Crippen molar-refractivity contribution in [2.45, 2.75) is 18.7 Å². The van der Waals surface area contributed by atoms with Crippen molar-refractivity contribution in [1.29, 1.82) is 0 Å². The molecule has 0 saturated carbocycles. The first-order valence-electron chi connectivity index (χ1n) is 8.96.